The van der Waals surface area contributed by atoms with E-state index in [0.29, 0.717) is 6.04 Å². The van der Waals surface area contributed by atoms with Gasteiger partial charge in [-0.15, -0.1) is 0 Å². The maximum Gasteiger partial charge on any atom is 0.165 e. The Balaban J connectivity index is 1.89. The van der Waals surface area contributed by atoms with Crippen molar-refractivity contribution in [2.75, 3.05) is 28.4 Å². The Labute approximate surface area is 154 Å². The number of benzene rings is 2. The van der Waals surface area contributed by atoms with E-state index in [9.17, 15) is 0 Å². The summed E-state index contributed by atoms with van der Waals surface area (Å²) < 4.78 is 22.2. The molecule has 2 aliphatic rings. The molecule has 26 heavy (non-hydrogen) atoms. The first-order valence-electron chi connectivity index (χ1n) is 8.93. The molecule has 1 aliphatic carbocycles. The van der Waals surface area contributed by atoms with Gasteiger partial charge in [-0.05, 0) is 47.7 Å². The third-order valence-electron chi connectivity index (χ3n) is 5.67. The number of methoxy groups -OCH3 is 4. The van der Waals surface area contributed by atoms with Gasteiger partial charge in [-0.1, -0.05) is 6.07 Å². The molecule has 0 spiro atoms. The number of ether oxygens (including phenoxy) is 4. The minimum Gasteiger partial charge on any atom is -0.493 e. The SMILES string of the molecule is COc1cc2c(cc1OC)C1c3ccc(OC)c(OC)c3CNC1CC2. The zero-order valence-corrected chi connectivity index (χ0v) is 15.7. The minimum atomic E-state index is 0.266. The molecule has 0 saturated carbocycles. The molecule has 2 aromatic rings. The maximum absolute atomic E-state index is 5.67. The quantitative estimate of drug-likeness (QED) is 0.912. The van der Waals surface area contributed by atoms with Crippen LogP contribution in [-0.4, -0.2) is 34.5 Å². The van der Waals surface area contributed by atoms with Crippen LogP contribution in [0.4, 0.5) is 0 Å². The summed E-state index contributed by atoms with van der Waals surface area (Å²) in [6.07, 6.45) is 2.13. The molecule has 2 aromatic carbocycles. The molecular formula is C21H25NO4. The summed E-state index contributed by atoms with van der Waals surface area (Å²) in [6.45, 7) is 0.791. The molecule has 0 bridgehead atoms. The Morgan fingerprint density at radius 2 is 1.58 bits per heavy atom. The van der Waals surface area contributed by atoms with E-state index in [-0.39, 0.29) is 5.92 Å². The number of hydrogen-bond donors (Lipinski definition) is 1. The normalized spacial score (nSPS) is 20.5. The average Bonchev–Trinajstić information content (AvgIpc) is 2.70. The van der Waals surface area contributed by atoms with E-state index in [1.807, 2.05) is 6.07 Å². The molecular weight excluding hydrogens is 330 g/mol. The van der Waals surface area contributed by atoms with Gasteiger partial charge < -0.3 is 24.3 Å². The monoisotopic (exact) mass is 355 g/mol. The molecule has 4 rings (SSSR count). The van der Waals surface area contributed by atoms with Crippen LogP contribution in [0.25, 0.3) is 0 Å². The van der Waals surface area contributed by atoms with E-state index in [0.717, 1.165) is 42.4 Å². The van der Waals surface area contributed by atoms with Crippen LogP contribution in [0.15, 0.2) is 24.3 Å². The second-order valence-electron chi connectivity index (χ2n) is 6.78. The number of nitrogens with one attached hydrogen (secondary N) is 1. The molecule has 0 amide bonds. The summed E-state index contributed by atoms with van der Waals surface area (Å²) in [5, 5.41) is 3.70. The Kier molecular flexibility index (Phi) is 4.41. The van der Waals surface area contributed by atoms with Crippen molar-refractivity contribution >= 4 is 0 Å². The fraction of sp³-hybridized carbons (Fsp3) is 0.429. The van der Waals surface area contributed by atoms with Gasteiger partial charge in [-0.2, -0.15) is 0 Å². The molecule has 0 fully saturated rings. The molecule has 1 heterocycles. The van der Waals surface area contributed by atoms with Crippen molar-refractivity contribution in [3.05, 3.63) is 46.5 Å². The van der Waals surface area contributed by atoms with Gasteiger partial charge in [0.25, 0.3) is 0 Å². The molecule has 0 aromatic heterocycles. The summed E-state index contributed by atoms with van der Waals surface area (Å²) in [6, 6.07) is 8.86. The van der Waals surface area contributed by atoms with E-state index < -0.39 is 0 Å². The minimum absolute atomic E-state index is 0.266. The first-order valence-corrected chi connectivity index (χ1v) is 8.93. The molecule has 0 radical (unpaired) electrons. The van der Waals surface area contributed by atoms with Crippen LogP contribution in [0.5, 0.6) is 23.0 Å². The van der Waals surface area contributed by atoms with Gasteiger partial charge >= 0.3 is 0 Å². The van der Waals surface area contributed by atoms with Crippen LogP contribution in [0.1, 0.15) is 34.6 Å². The number of fused-ring (bicyclic) bond motifs is 5. The van der Waals surface area contributed by atoms with E-state index in [1.54, 1.807) is 28.4 Å². The van der Waals surface area contributed by atoms with E-state index in [2.05, 4.69) is 23.5 Å². The fourth-order valence-corrected chi connectivity index (χ4v) is 4.45. The average molecular weight is 355 g/mol. The van der Waals surface area contributed by atoms with Gasteiger partial charge in [-0.25, -0.2) is 0 Å². The smallest absolute Gasteiger partial charge is 0.165 e. The molecule has 5 heteroatoms. The van der Waals surface area contributed by atoms with Crippen molar-refractivity contribution in [2.45, 2.75) is 31.3 Å². The highest BCUT2D eigenvalue weighted by Crippen LogP contribution is 2.47. The van der Waals surface area contributed by atoms with Crippen LogP contribution < -0.4 is 24.3 Å². The third-order valence-corrected chi connectivity index (χ3v) is 5.67. The van der Waals surface area contributed by atoms with Gasteiger partial charge in [-0.3, -0.25) is 0 Å². The molecule has 138 valence electrons. The van der Waals surface area contributed by atoms with E-state index >= 15 is 0 Å². The highest BCUT2D eigenvalue weighted by Gasteiger charge is 2.37. The second kappa shape index (κ2) is 6.72. The fourth-order valence-electron chi connectivity index (χ4n) is 4.45. The summed E-state index contributed by atoms with van der Waals surface area (Å²) in [5.74, 6) is 3.43. The molecule has 5 nitrogen and oxygen atoms in total. The van der Waals surface area contributed by atoms with Gasteiger partial charge in [0.05, 0.1) is 28.4 Å². The highest BCUT2D eigenvalue weighted by atomic mass is 16.5. The number of hydrogen-bond acceptors (Lipinski definition) is 5. The highest BCUT2D eigenvalue weighted by molar-refractivity contribution is 5.59. The van der Waals surface area contributed by atoms with Crippen molar-refractivity contribution in [3.63, 3.8) is 0 Å². The largest absolute Gasteiger partial charge is 0.493 e. The lowest BCUT2D eigenvalue weighted by Crippen LogP contribution is -2.42. The van der Waals surface area contributed by atoms with Crippen molar-refractivity contribution in [3.8, 4) is 23.0 Å². The lowest BCUT2D eigenvalue weighted by Gasteiger charge is -2.40. The topological polar surface area (TPSA) is 49.0 Å². The number of rotatable bonds is 4. The maximum atomic E-state index is 5.67. The predicted molar refractivity (Wildman–Crippen MR) is 99.9 cm³/mol. The second-order valence-corrected chi connectivity index (χ2v) is 6.78. The molecule has 0 saturated heterocycles. The van der Waals surface area contributed by atoms with Crippen molar-refractivity contribution in [2.24, 2.45) is 0 Å². The number of aryl methyl sites for hydroxylation is 1. The standard InChI is InChI=1S/C21H25NO4/c1-23-17-8-6-13-15(21(17)26-4)11-22-16-7-5-12-9-18(24-2)19(25-3)10-14(12)20(13)16/h6,8-10,16,20,22H,5,7,11H2,1-4H3. The lowest BCUT2D eigenvalue weighted by molar-refractivity contribution is 0.334. The molecule has 1 aliphatic heterocycles. The van der Waals surface area contributed by atoms with Crippen LogP contribution >= 0.6 is 0 Å². The van der Waals surface area contributed by atoms with Crippen molar-refractivity contribution < 1.29 is 18.9 Å². The zero-order chi connectivity index (χ0) is 18.3. The van der Waals surface area contributed by atoms with Gasteiger partial charge in [0.1, 0.15) is 0 Å². The Morgan fingerprint density at radius 3 is 2.27 bits per heavy atom. The van der Waals surface area contributed by atoms with Crippen molar-refractivity contribution in [1.29, 1.82) is 0 Å². The molecule has 2 atom stereocenters. The first kappa shape index (κ1) is 17.0. The predicted octanol–water partition coefficient (Wildman–Crippen LogP) is 3.27. The summed E-state index contributed by atoms with van der Waals surface area (Å²) in [5.41, 5.74) is 5.11. The Hall–Kier alpha value is -2.40. The van der Waals surface area contributed by atoms with Gasteiger partial charge in [0.2, 0.25) is 0 Å². The molecule has 2 unspecified atom stereocenters. The summed E-state index contributed by atoms with van der Waals surface area (Å²) in [7, 11) is 6.75. The van der Waals surface area contributed by atoms with E-state index in [1.165, 1.54) is 22.3 Å². The van der Waals surface area contributed by atoms with Crippen LogP contribution in [0.2, 0.25) is 0 Å². The summed E-state index contributed by atoms with van der Waals surface area (Å²) >= 11 is 0. The first-order chi connectivity index (χ1) is 12.7. The van der Waals surface area contributed by atoms with Crippen LogP contribution in [0, 0.1) is 0 Å². The van der Waals surface area contributed by atoms with Crippen LogP contribution in [-0.2, 0) is 13.0 Å². The lowest BCUT2D eigenvalue weighted by atomic mass is 9.72. The molecule has 1 N–H and O–H groups in total. The van der Waals surface area contributed by atoms with Gasteiger partial charge in [0, 0.05) is 24.1 Å². The van der Waals surface area contributed by atoms with Crippen LogP contribution in [0.3, 0.4) is 0 Å². The Bertz CT molecular complexity index is 829. The summed E-state index contributed by atoms with van der Waals surface area (Å²) in [4.78, 5) is 0. The zero-order valence-electron chi connectivity index (χ0n) is 15.7. The van der Waals surface area contributed by atoms with E-state index in [4.69, 9.17) is 18.9 Å². The Morgan fingerprint density at radius 1 is 0.846 bits per heavy atom. The van der Waals surface area contributed by atoms with Gasteiger partial charge in [0.15, 0.2) is 23.0 Å². The third kappa shape index (κ3) is 2.50. The van der Waals surface area contributed by atoms with Crippen molar-refractivity contribution in [1.82, 2.24) is 5.32 Å².